The fraction of sp³-hybridized carbons (Fsp3) is 0.0526. The molecule has 0 bridgehead atoms. The minimum absolute atomic E-state index is 0.837. The second-order valence-corrected chi connectivity index (χ2v) is 6.36. The first-order valence-corrected chi connectivity index (χ1v) is 8.16. The highest BCUT2D eigenvalue weighted by Crippen LogP contribution is 2.44. The summed E-state index contributed by atoms with van der Waals surface area (Å²) < 4.78 is 0. The Labute approximate surface area is 134 Å². The Morgan fingerprint density at radius 2 is 1.55 bits per heavy atom. The van der Waals surface area contributed by atoms with E-state index in [1.807, 2.05) is 17.8 Å². The summed E-state index contributed by atoms with van der Waals surface area (Å²) in [5, 5.41) is 7.00. The minimum Gasteiger partial charge on any atom is -0.381 e. The molecule has 0 saturated heterocycles. The molecule has 3 aromatic carbocycles. The number of benzene rings is 3. The lowest BCUT2D eigenvalue weighted by Crippen LogP contribution is -2.03. The highest BCUT2D eigenvalue weighted by Gasteiger charge is 2.15. The zero-order valence-electron chi connectivity index (χ0n) is 12.0. The monoisotopic (exact) mass is 304 g/mol. The Morgan fingerprint density at radius 3 is 2.45 bits per heavy atom. The van der Waals surface area contributed by atoms with Gasteiger partial charge in [-0.25, -0.2) is 0 Å². The average Bonchev–Trinajstić information content (AvgIpc) is 2.59. The summed E-state index contributed by atoms with van der Waals surface area (Å²) >= 11 is 1.82. The average molecular weight is 304 g/mol. The van der Waals surface area contributed by atoms with E-state index in [4.69, 9.17) is 0 Å². The third kappa shape index (κ3) is 2.68. The van der Waals surface area contributed by atoms with E-state index in [2.05, 4.69) is 77.4 Å². The van der Waals surface area contributed by atoms with Crippen molar-refractivity contribution in [2.24, 2.45) is 0 Å². The molecule has 1 heterocycles. The molecular formula is C19H16N2S. The number of hydrogen-bond donors (Lipinski definition) is 2. The lowest BCUT2D eigenvalue weighted by molar-refractivity contribution is 1.15. The van der Waals surface area contributed by atoms with Crippen LogP contribution in [0.25, 0.3) is 0 Å². The fourth-order valence-corrected chi connectivity index (χ4v) is 3.52. The van der Waals surface area contributed by atoms with Crippen molar-refractivity contribution < 1.29 is 0 Å². The molecule has 0 fully saturated rings. The topological polar surface area (TPSA) is 24.1 Å². The second-order valence-electron chi connectivity index (χ2n) is 5.27. The van der Waals surface area contributed by atoms with Crippen LogP contribution >= 0.6 is 11.8 Å². The van der Waals surface area contributed by atoms with E-state index < -0.39 is 0 Å². The van der Waals surface area contributed by atoms with E-state index in [9.17, 15) is 0 Å². The molecule has 0 unspecified atom stereocenters. The molecule has 0 atom stereocenters. The molecule has 0 radical (unpaired) electrons. The number of hydrogen-bond acceptors (Lipinski definition) is 3. The van der Waals surface area contributed by atoms with E-state index in [0.29, 0.717) is 0 Å². The van der Waals surface area contributed by atoms with Crippen LogP contribution in [0.15, 0.2) is 82.6 Å². The first kappa shape index (κ1) is 13.3. The zero-order chi connectivity index (χ0) is 14.8. The molecule has 2 N–H and O–H groups in total. The van der Waals surface area contributed by atoms with Gasteiger partial charge in [-0.3, -0.25) is 0 Å². The predicted octanol–water partition coefficient (Wildman–Crippen LogP) is 5.51. The van der Waals surface area contributed by atoms with Gasteiger partial charge in [0.05, 0.1) is 11.4 Å². The highest BCUT2D eigenvalue weighted by molar-refractivity contribution is 7.99. The van der Waals surface area contributed by atoms with Crippen molar-refractivity contribution in [1.29, 1.82) is 0 Å². The summed E-state index contributed by atoms with van der Waals surface area (Å²) in [7, 11) is 0. The fourth-order valence-electron chi connectivity index (χ4n) is 2.55. The standard InChI is InChI=1S/C19H16N2S/c1-2-6-14(7-3-1)13-20-15-10-11-19-17(12-15)21-16-8-4-5-9-18(16)22-19/h1-12,20-21H,13H2. The quantitative estimate of drug-likeness (QED) is 0.522. The van der Waals surface area contributed by atoms with E-state index in [1.54, 1.807) is 0 Å². The van der Waals surface area contributed by atoms with Crippen molar-refractivity contribution in [1.82, 2.24) is 0 Å². The van der Waals surface area contributed by atoms with Gasteiger partial charge in [0.2, 0.25) is 0 Å². The van der Waals surface area contributed by atoms with Crippen LogP contribution in [0.1, 0.15) is 5.56 Å². The largest absolute Gasteiger partial charge is 0.381 e. The molecule has 1 aliphatic rings. The van der Waals surface area contributed by atoms with Crippen LogP contribution in [0.2, 0.25) is 0 Å². The summed E-state index contributed by atoms with van der Waals surface area (Å²) in [6.45, 7) is 0.837. The number of para-hydroxylation sites is 1. The maximum Gasteiger partial charge on any atom is 0.0547 e. The molecule has 108 valence electrons. The molecule has 1 aliphatic heterocycles. The lowest BCUT2D eigenvalue weighted by Gasteiger charge is -2.21. The lowest BCUT2D eigenvalue weighted by atomic mass is 10.2. The summed E-state index contributed by atoms with van der Waals surface area (Å²) in [5.74, 6) is 0. The Hall–Kier alpha value is -2.39. The minimum atomic E-state index is 0.837. The number of nitrogens with one attached hydrogen (secondary N) is 2. The van der Waals surface area contributed by atoms with E-state index in [1.165, 1.54) is 26.7 Å². The van der Waals surface area contributed by atoms with Gasteiger partial charge in [0.15, 0.2) is 0 Å². The molecule has 0 aliphatic carbocycles. The summed E-state index contributed by atoms with van der Waals surface area (Å²) in [4.78, 5) is 2.55. The van der Waals surface area contributed by atoms with Crippen molar-refractivity contribution in [3.63, 3.8) is 0 Å². The van der Waals surface area contributed by atoms with Crippen LogP contribution in [-0.4, -0.2) is 0 Å². The van der Waals surface area contributed by atoms with Gasteiger partial charge in [-0.1, -0.05) is 54.2 Å². The molecule has 4 rings (SSSR count). The zero-order valence-corrected chi connectivity index (χ0v) is 12.9. The SMILES string of the molecule is c1ccc(CNc2ccc3c(c2)Nc2ccccc2S3)cc1. The van der Waals surface area contributed by atoms with Gasteiger partial charge in [0, 0.05) is 22.0 Å². The van der Waals surface area contributed by atoms with E-state index in [-0.39, 0.29) is 0 Å². The molecule has 3 aromatic rings. The van der Waals surface area contributed by atoms with Crippen LogP contribution in [0, 0.1) is 0 Å². The number of anilines is 3. The summed E-state index contributed by atoms with van der Waals surface area (Å²) in [5.41, 5.74) is 4.77. The molecule has 22 heavy (non-hydrogen) atoms. The number of rotatable bonds is 3. The summed E-state index contributed by atoms with van der Waals surface area (Å²) in [6.07, 6.45) is 0. The first-order valence-electron chi connectivity index (χ1n) is 7.34. The Balaban J connectivity index is 1.53. The molecule has 0 aromatic heterocycles. The molecular weight excluding hydrogens is 288 g/mol. The van der Waals surface area contributed by atoms with Gasteiger partial charge >= 0.3 is 0 Å². The Bertz CT molecular complexity index is 800. The van der Waals surface area contributed by atoms with Crippen molar-refractivity contribution in [3.05, 3.63) is 78.4 Å². The predicted molar refractivity (Wildman–Crippen MR) is 94.1 cm³/mol. The number of fused-ring (bicyclic) bond motifs is 2. The highest BCUT2D eigenvalue weighted by atomic mass is 32.2. The third-order valence-corrected chi connectivity index (χ3v) is 4.85. The smallest absolute Gasteiger partial charge is 0.0547 e. The van der Waals surface area contributed by atoms with Crippen molar-refractivity contribution in [2.45, 2.75) is 16.3 Å². The normalized spacial score (nSPS) is 12.0. The molecule has 0 amide bonds. The van der Waals surface area contributed by atoms with Crippen molar-refractivity contribution in [2.75, 3.05) is 10.6 Å². The van der Waals surface area contributed by atoms with Crippen LogP contribution in [-0.2, 0) is 6.54 Å². The van der Waals surface area contributed by atoms with Gasteiger partial charge < -0.3 is 10.6 Å². The van der Waals surface area contributed by atoms with Gasteiger partial charge in [-0.15, -0.1) is 0 Å². The first-order chi connectivity index (χ1) is 10.9. The second kappa shape index (κ2) is 5.78. The van der Waals surface area contributed by atoms with Gasteiger partial charge in [0.25, 0.3) is 0 Å². The third-order valence-electron chi connectivity index (χ3n) is 3.70. The molecule has 2 nitrogen and oxygen atoms in total. The van der Waals surface area contributed by atoms with Crippen LogP contribution in [0.3, 0.4) is 0 Å². The van der Waals surface area contributed by atoms with Crippen LogP contribution in [0.4, 0.5) is 17.1 Å². The maximum atomic E-state index is 3.52. The summed E-state index contributed by atoms with van der Waals surface area (Å²) in [6, 6.07) is 25.4. The van der Waals surface area contributed by atoms with E-state index in [0.717, 1.165) is 12.2 Å². The van der Waals surface area contributed by atoms with Gasteiger partial charge in [-0.05, 0) is 35.9 Å². The van der Waals surface area contributed by atoms with Gasteiger partial charge in [0.1, 0.15) is 0 Å². The van der Waals surface area contributed by atoms with Crippen LogP contribution in [0.5, 0.6) is 0 Å². The van der Waals surface area contributed by atoms with Gasteiger partial charge in [-0.2, -0.15) is 0 Å². The Morgan fingerprint density at radius 1 is 0.773 bits per heavy atom. The molecule has 0 spiro atoms. The van der Waals surface area contributed by atoms with Crippen molar-refractivity contribution in [3.8, 4) is 0 Å². The van der Waals surface area contributed by atoms with Crippen molar-refractivity contribution >= 4 is 28.8 Å². The maximum absolute atomic E-state index is 3.52. The molecule has 0 saturated carbocycles. The Kier molecular flexibility index (Phi) is 3.49. The van der Waals surface area contributed by atoms with E-state index >= 15 is 0 Å². The van der Waals surface area contributed by atoms with Crippen LogP contribution < -0.4 is 10.6 Å². The molecule has 3 heteroatoms.